The summed E-state index contributed by atoms with van der Waals surface area (Å²) in [6.07, 6.45) is 0. The van der Waals surface area contributed by atoms with Gasteiger partial charge in [-0.3, -0.25) is 14.6 Å². The fourth-order valence-corrected chi connectivity index (χ4v) is 3.57. The Morgan fingerprint density at radius 2 is 2.00 bits per heavy atom. The SMILES string of the molecule is C[C@H](C(=O)Nc1ccccc1F)N1CCN(Cc2ccsc2)CC1. The topological polar surface area (TPSA) is 35.6 Å². The van der Waals surface area contributed by atoms with Crippen molar-refractivity contribution in [3.8, 4) is 0 Å². The number of hydrogen-bond donors (Lipinski definition) is 1. The summed E-state index contributed by atoms with van der Waals surface area (Å²) in [4.78, 5) is 16.9. The van der Waals surface area contributed by atoms with Gasteiger partial charge in [0.15, 0.2) is 0 Å². The first-order valence-electron chi connectivity index (χ1n) is 8.16. The summed E-state index contributed by atoms with van der Waals surface area (Å²) in [6.45, 7) is 6.41. The largest absolute Gasteiger partial charge is 0.322 e. The van der Waals surface area contributed by atoms with Crippen LogP contribution < -0.4 is 5.32 Å². The van der Waals surface area contributed by atoms with Crippen LogP contribution in [-0.2, 0) is 11.3 Å². The van der Waals surface area contributed by atoms with Crippen molar-refractivity contribution in [3.05, 3.63) is 52.5 Å². The Kier molecular flexibility index (Phi) is 5.60. The summed E-state index contributed by atoms with van der Waals surface area (Å²) >= 11 is 1.72. The Balaban J connectivity index is 1.50. The standard InChI is InChI=1S/C18H22FN3OS/c1-14(18(23)20-17-5-3-2-4-16(17)19)22-9-7-21(8-10-22)12-15-6-11-24-13-15/h2-6,11,13-14H,7-10,12H2,1H3,(H,20,23)/t14-/m1/s1. The van der Waals surface area contributed by atoms with E-state index in [1.165, 1.54) is 11.6 Å². The number of anilines is 1. The molecule has 1 amide bonds. The average Bonchev–Trinajstić information content (AvgIpc) is 3.10. The molecule has 1 fully saturated rings. The molecule has 3 rings (SSSR count). The van der Waals surface area contributed by atoms with Gasteiger partial charge in [0, 0.05) is 32.7 Å². The first kappa shape index (κ1) is 17.1. The van der Waals surface area contributed by atoms with Gasteiger partial charge in [-0.15, -0.1) is 0 Å². The number of para-hydroxylation sites is 1. The van der Waals surface area contributed by atoms with Crippen LogP contribution in [-0.4, -0.2) is 47.9 Å². The summed E-state index contributed by atoms with van der Waals surface area (Å²) in [5, 5.41) is 6.96. The van der Waals surface area contributed by atoms with Gasteiger partial charge in [0.05, 0.1) is 11.7 Å². The highest BCUT2D eigenvalue weighted by Crippen LogP contribution is 2.16. The van der Waals surface area contributed by atoms with Crippen molar-refractivity contribution < 1.29 is 9.18 Å². The predicted octanol–water partition coefficient (Wildman–Crippen LogP) is 3.03. The molecule has 2 heterocycles. The second-order valence-electron chi connectivity index (χ2n) is 6.09. The maximum Gasteiger partial charge on any atom is 0.241 e. The van der Waals surface area contributed by atoms with Crippen molar-refractivity contribution in [2.45, 2.75) is 19.5 Å². The van der Waals surface area contributed by atoms with Crippen LogP contribution in [0, 0.1) is 5.82 Å². The molecule has 0 radical (unpaired) electrons. The van der Waals surface area contributed by atoms with E-state index in [-0.39, 0.29) is 17.6 Å². The predicted molar refractivity (Wildman–Crippen MR) is 95.7 cm³/mol. The van der Waals surface area contributed by atoms with Crippen LogP contribution in [0.2, 0.25) is 0 Å². The Bertz CT molecular complexity index is 669. The van der Waals surface area contributed by atoms with Gasteiger partial charge in [0.1, 0.15) is 5.82 Å². The van der Waals surface area contributed by atoms with Crippen LogP contribution in [0.4, 0.5) is 10.1 Å². The van der Waals surface area contributed by atoms with Gasteiger partial charge in [-0.25, -0.2) is 4.39 Å². The zero-order valence-electron chi connectivity index (χ0n) is 13.7. The van der Waals surface area contributed by atoms with Crippen LogP contribution in [0.5, 0.6) is 0 Å². The number of piperazine rings is 1. The zero-order chi connectivity index (χ0) is 16.9. The van der Waals surface area contributed by atoms with Gasteiger partial charge >= 0.3 is 0 Å². The minimum absolute atomic E-state index is 0.161. The fourth-order valence-electron chi connectivity index (χ4n) is 2.92. The molecule has 1 saturated heterocycles. The molecule has 1 N–H and O–H groups in total. The molecule has 128 valence electrons. The van der Waals surface area contributed by atoms with Gasteiger partial charge in [-0.05, 0) is 41.4 Å². The molecule has 24 heavy (non-hydrogen) atoms. The van der Waals surface area contributed by atoms with E-state index in [9.17, 15) is 9.18 Å². The molecule has 1 aliphatic rings. The van der Waals surface area contributed by atoms with Gasteiger partial charge in [-0.2, -0.15) is 11.3 Å². The normalized spacial score (nSPS) is 17.6. The maximum atomic E-state index is 13.7. The summed E-state index contributed by atoms with van der Waals surface area (Å²) in [5.74, 6) is -0.565. The first-order chi connectivity index (χ1) is 11.6. The molecule has 4 nitrogen and oxygen atoms in total. The monoisotopic (exact) mass is 347 g/mol. The fraction of sp³-hybridized carbons (Fsp3) is 0.389. The van der Waals surface area contributed by atoms with E-state index in [0.717, 1.165) is 32.7 Å². The van der Waals surface area contributed by atoms with Crippen LogP contribution in [0.25, 0.3) is 0 Å². The summed E-state index contributed by atoms with van der Waals surface area (Å²) in [5.41, 5.74) is 1.59. The highest BCUT2D eigenvalue weighted by Gasteiger charge is 2.26. The smallest absolute Gasteiger partial charge is 0.241 e. The lowest BCUT2D eigenvalue weighted by Gasteiger charge is -2.37. The van der Waals surface area contributed by atoms with Crippen molar-refractivity contribution in [1.82, 2.24) is 9.80 Å². The Morgan fingerprint density at radius 3 is 2.67 bits per heavy atom. The molecular formula is C18H22FN3OS. The van der Waals surface area contributed by atoms with Gasteiger partial charge in [-0.1, -0.05) is 12.1 Å². The quantitative estimate of drug-likeness (QED) is 0.903. The molecule has 2 aromatic rings. The van der Waals surface area contributed by atoms with E-state index >= 15 is 0 Å². The average molecular weight is 347 g/mol. The van der Waals surface area contributed by atoms with E-state index in [2.05, 4.69) is 31.9 Å². The number of carbonyl (C=O) groups excluding carboxylic acids is 1. The molecule has 0 spiro atoms. The number of halogens is 1. The third kappa shape index (κ3) is 4.20. The second-order valence-corrected chi connectivity index (χ2v) is 6.87. The lowest BCUT2D eigenvalue weighted by atomic mass is 10.2. The molecule has 0 aliphatic carbocycles. The van der Waals surface area contributed by atoms with Gasteiger partial charge in [0.2, 0.25) is 5.91 Å². The van der Waals surface area contributed by atoms with Crippen molar-refractivity contribution in [2.75, 3.05) is 31.5 Å². The Labute approximate surface area is 145 Å². The number of nitrogens with zero attached hydrogens (tertiary/aromatic N) is 2. The Morgan fingerprint density at radius 1 is 1.25 bits per heavy atom. The third-order valence-corrected chi connectivity index (χ3v) is 5.18. The van der Waals surface area contributed by atoms with Crippen molar-refractivity contribution in [1.29, 1.82) is 0 Å². The molecule has 0 bridgehead atoms. The van der Waals surface area contributed by atoms with E-state index < -0.39 is 5.82 Å². The third-order valence-electron chi connectivity index (χ3n) is 4.45. The van der Waals surface area contributed by atoms with Crippen LogP contribution in [0.1, 0.15) is 12.5 Å². The number of thiophene rings is 1. The van der Waals surface area contributed by atoms with E-state index in [0.29, 0.717) is 0 Å². The Hall–Kier alpha value is -1.76. The zero-order valence-corrected chi connectivity index (χ0v) is 14.6. The first-order valence-corrected chi connectivity index (χ1v) is 9.10. The van der Waals surface area contributed by atoms with E-state index in [1.807, 2.05) is 6.92 Å². The minimum atomic E-state index is -0.404. The summed E-state index contributed by atoms with van der Waals surface area (Å²) in [7, 11) is 0. The lowest BCUT2D eigenvalue weighted by Crippen LogP contribution is -2.52. The summed E-state index contributed by atoms with van der Waals surface area (Å²) in [6, 6.07) is 8.14. The molecule has 1 aromatic heterocycles. The molecule has 1 aromatic carbocycles. The van der Waals surface area contributed by atoms with Gasteiger partial charge in [0.25, 0.3) is 0 Å². The van der Waals surface area contributed by atoms with E-state index in [1.54, 1.807) is 29.5 Å². The molecule has 1 aliphatic heterocycles. The van der Waals surface area contributed by atoms with E-state index in [4.69, 9.17) is 0 Å². The van der Waals surface area contributed by atoms with Crippen LogP contribution in [0.3, 0.4) is 0 Å². The van der Waals surface area contributed by atoms with Gasteiger partial charge < -0.3 is 5.32 Å². The number of benzene rings is 1. The lowest BCUT2D eigenvalue weighted by molar-refractivity contribution is -0.121. The second kappa shape index (κ2) is 7.88. The highest BCUT2D eigenvalue weighted by molar-refractivity contribution is 7.07. The summed E-state index contributed by atoms with van der Waals surface area (Å²) < 4.78 is 13.7. The molecule has 0 saturated carbocycles. The minimum Gasteiger partial charge on any atom is -0.322 e. The highest BCUT2D eigenvalue weighted by atomic mass is 32.1. The number of amides is 1. The number of hydrogen-bond acceptors (Lipinski definition) is 4. The van der Waals surface area contributed by atoms with Crippen LogP contribution >= 0.6 is 11.3 Å². The van der Waals surface area contributed by atoms with Crippen molar-refractivity contribution in [3.63, 3.8) is 0 Å². The molecule has 1 atom stereocenters. The number of carbonyl (C=O) groups is 1. The molecule has 0 unspecified atom stereocenters. The van der Waals surface area contributed by atoms with Crippen LogP contribution in [0.15, 0.2) is 41.1 Å². The maximum absolute atomic E-state index is 13.7. The van der Waals surface area contributed by atoms with Crippen molar-refractivity contribution >= 4 is 22.9 Å². The molecule has 6 heteroatoms. The van der Waals surface area contributed by atoms with Crippen molar-refractivity contribution in [2.24, 2.45) is 0 Å². The number of nitrogens with one attached hydrogen (secondary N) is 1. The number of rotatable bonds is 5. The molecular weight excluding hydrogens is 325 g/mol.